The monoisotopic (exact) mass is 1740 g/mol. The van der Waals surface area contributed by atoms with Crippen LogP contribution < -0.4 is 43.6 Å². The zero-order valence-electron chi connectivity index (χ0n) is 73.2. The summed E-state index contributed by atoms with van der Waals surface area (Å²) in [5, 5.41) is 63.7. The first-order chi connectivity index (χ1) is 61.6. The molecule has 0 unspecified atom stereocenters. The zero-order valence-corrected chi connectivity index (χ0v) is 73.2. The van der Waals surface area contributed by atoms with Crippen molar-refractivity contribution >= 4 is 29.5 Å². The van der Waals surface area contributed by atoms with Crippen LogP contribution >= 0.6 is 0 Å². The number of primary amides is 1. The van der Waals surface area contributed by atoms with Gasteiger partial charge in [-0.1, -0.05) is 139 Å². The van der Waals surface area contributed by atoms with Crippen molar-refractivity contribution in [3.05, 3.63) is 227 Å². The average Bonchev–Trinajstić information content (AvgIpc) is 0.807. The van der Waals surface area contributed by atoms with Crippen LogP contribution in [0.2, 0.25) is 0 Å². The van der Waals surface area contributed by atoms with E-state index >= 15 is 0 Å². The van der Waals surface area contributed by atoms with E-state index in [2.05, 4.69) is 22.3 Å². The lowest BCUT2D eigenvalue weighted by atomic mass is 10.0. The third-order valence-corrected chi connectivity index (χ3v) is 20.9. The van der Waals surface area contributed by atoms with Crippen molar-refractivity contribution in [3.8, 4) is 127 Å². The van der Waals surface area contributed by atoms with Crippen molar-refractivity contribution in [2.45, 2.75) is 124 Å². The Bertz CT molecular complexity index is 5510. The van der Waals surface area contributed by atoms with Crippen LogP contribution in [0.15, 0.2) is 211 Å². The lowest BCUT2D eigenvalue weighted by Gasteiger charge is -2.34. The number of halogens is 3. The van der Waals surface area contributed by atoms with Crippen LogP contribution in [0.3, 0.4) is 0 Å². The lowest BCUT2D eigenvalue weighted by molar-refractivity contribution is -0.131. The molecule has 4 saturated heterocycles. The minimum atomic E-state index is -1.43. The van der Waals surface area contributed by atoms with E-state index < -0.39 is 60.5 Å². The molecule has 7 aromatic carbocycles. The first kappa shape index (κ1) is 96.9. The highest BCUT2D eigenvalue weighted by Gasteiger charge is 2.38. The fraction of sp³-hybridized carbons (Fsp3) is 0.343. The molecule has 4 aliphatic heterocycles. The van der Waals surface area contributed by atoms with Gasteiger partial charge in [-0.25, -0.2) is 13.2 Å². The molecule has 6 atom stereocenters. The van der Waals surface area contributed by atoms with Gasteiger partial charge in [0.1, 0.15) is 111 Å². The number of nitrogens with two attached hydrogens (primary N) is 1. The number of alkyl halides is 3. The topological polar surface area (TPSA) is 367 Å². The van der Waals surface area contributed by atoms with Gasteiger partial charge in [-0.15, -0.1) is 5.10 Å². The fourth-order valence-corrected chi connectivity index (χ4v) is 14.7. The summed E-state index contributed by atoms with van der Waals surface area (Å²) in [6, 6.07) is 58.7. The molecule has 662 valence electrons. The van der Waals surface area contributed by atoms with Gasteiger partial charge in [-0.3, -0.25) is 24.0 Å². The number of amides is 5. The molecule has 5 heterocycles. The first-order valence-corrected chi connectivity index (χ1v) is 41.7. The van der Waals surface area contributed by atoms with Crippen molar-refractivity contribution in [1.82, 2.24) is 29.8 Å². The number of carbonyl (C=O) groups is 5. The summed E-state index contributed by atoms with van der Waals surface area (Å²) in [6.07, 6.45) is 3.28. The second-order valence-electron chi connectivity index (χ2n) is 31.3. The predicted molar refractivity (Wildman–Crippen MR) is 474 cm³/mol. The molecule has 8 aromatic rings. The molecule has 4 fully saturated rings. The van der Waals surface area contributed by atoms with Gasteiger partial charge >= 0.3 is 0 Å². The molecule has 0 saturated carbocycles. The third-order valence-electron chi connectivity index (χ3n) is 20.9. The summed E-state index contributed by atoms with van der Waals surface area (Å²) in [4.78, 5) is 67.7. The molecule has 0 spiro atoms. The number of para-hydroxylation sites is 4. The maximum Gasteiger partial charge on any atom is 0.264 e. The molecule has 128 heavy (non-hydrogen) atoms. The summed E-state index contributed by atoms with van der Waals surface area (Å²) in [7, 11) is 6.32. The highest BCUT2D eigenvalue weighted by molar-refractivity contribution is 5.99. The van der Waals surface area contributed by atoms with Crippen molar-refractivity contribution in [3.63, 3.8) is 0 Å². The summed E-state index contributed by atoms with van der Waals surface area (Å²) < 4.78 is 90.3. The van der Waals surface area contributed by atoms with Crippen LogP contribution in [0, 0.1) is 85.7 Å². The molecule has 2 N–H and O–H groups in total. The number of allylic oxidation sites excluding steroid dienone is 4. The van der Waals surface area contributed by atoms with Crippen LogP contribution in [-0.2, 0) is 19.2 Å². The Labute approximate surface area is 744 Å². The number of piperidine rings is 4. The summed E-state index contributed by atoms with van der Waals surface area (Å²) in [5.41, 5.74) is 13.1. The maximum absolute atomic E-state index is 15.0. The highest BCUT2D eigenvalue weighted by atomic mass is 19.1. The third kappa shape index (κ3) is 26.3. The van der Waals surface area contributed by atoms with Gasteiger partial charge in [-0.05, 0) is 120 Å². The van der Waals surface area contributed by atoms with E-state index in [1.165, 1.54) is 20.8 Å². The fourth-order valence-electron chi connectivity index (χ4n) is 14.7. The molecule has 0 radical (unpaired) electrons. The molecule has 29 heteroatoms. The van der Waals surface area contributed by atoms with Crippen LogP contribution in [0.1, 0.15) is 102 Å². The van der Waals surface area contributed by atoms with Gasteiger partial charge in [0, 0.05) is 104 Å². The van der Waals surface area contributed by atoms with Gasteiger partial charge in [0.25, 0.3) is 23.6 Å². The molecule has 12 rings (SSSR count). The Kier molecular flexibility index (Phi) is 35.7. The van der Waals surface area contributed by atoms with Crippen LogP contribution in [-0.4, -0.2) is 183 Å². The number of rotatable bonds is 24. The Morgan fingerprint density at radius 2 is 0.742 bits per heavy atom. The molecule has 4 aliphatic rings. The number of nitrogens with zero attached hydrogens (tertiary/aromatic N) is 12. The number of benzene rings is 7. The number of nitriles is 6. The SMILES string of the molecule is C/C=C(\C#N)C(=O)N1CCC(Oc2cc(C(N)=O)cc(-c3ccccc3OC)c2)CC1.COc1ccccc1-c1cc(C#N)cc(O[C@H]2CCN(C(=O)/C(C#N)=C/C(C)C)C[C@H]2F)c1.COc1ccccc1-c1cc(C#N)cc(O[C@H]2CCN(C(=O)/C(C#N)=C/C(C)C)C[C@H]2F)c1.COc1ccccc1-c1cnnc(O[C@H]2CCN(C(=O)/C(C#N)=C/C(C)C)C[C@H]2F)c1. The average molecular weight is 1740 g/mol. The lowest BCUT2D eigenvalue weighted by Crippen LogP contribution is -2.49. The van der Waals surface area contributed by atoms with Crippen molar-refractivity contribution in [2.75, 3.05) is 80.8 Å². The largest absolute Gasteiger partial charge is 0.496 e. The van der Waals surface area contributed by atoms with Crippen molar-refractivity contribution in [1.29, 1.82) is 31.6 Å². The number of carbonyl (C=O) groups excluding carboxylic acids is 5. The molecule has 0 bridgehead atoms. The second-order valence-corrected chi connectivity index (χ2v) is 31.3. The predicted octanol–water partition coefficient (Wildman–Crippen LogP) is 16.2. The number of ether oxygens (including phenoxy) is 8. The van der Waals surface area contributed by atoms with E-state index in [0.29, 0.717) is 89.4 Å². The highest BCUT2D eigenvalue weighted by Crippen LogP contribution is 2.39. The number of aromatic nitrogens is 2. The maximum atomic E-state index is 15.0. The quantitative estimate of drug-likeness (QED) is 0.0434. The van der Waals surface area contributed by atoms with Gasteiger partial charge in [0.15, 0.2) is 18.5 Å². The van der Waals surface area contributed by atoms with Crippen LogP contribution in [0.4, 0.5) is 13.2 Å². The Morgan fingerprint density at radius 1 is 0.414 bits per heavy atom. The Hall–Kier alpha value is -14.9. The van der Waals surface area contributed by atoms with Crippen LogP contribution in [0.25, 0.3) is 44.5 Å². The Balaban J connectivity index is 0.000000193. The summed E-state index contributed by atoms with van der Waals surface area (Å²) in [5.74, 6) is 2.10. The summed E-state index contributed by atoms with van der Waals surface area (Å²) in [6.45, 7) is 14.3. The minimum absolute atomic E-state index is 0.0275. The van der Waals surface area contributed by atoms with E-state index in [9.17, 15) is 63.5 Å². The molecule has 5 amide bonds. The number of methoxy groups -OCH3 is 4. The normalized spacial score (nSPS) is 17.6. The molecule has 0 aliphatic carbocycles. The van der Waals surface area contributed by atoms with E-state index in [1.54, 1.807) is 119 Å². The number of hydrogen-bond acceptors (Lipinski definition) is 21. The van der Waals surface area contributed by atoms with E-state index in [-0.39, 0.29) is 110 Å². The van der Waals surface area contributed by atoms with E-state index in [4.69, 9.17) is 48.9 Å². The standard InChI is InChI=1S/2C26H26FN3O3.C24H25N3O4.C23H25FN4O3/c2*1-17(2)10-20(15-29)26(31)30-9-8-25(23(27)16-30)33-21-12-18(14-28)11-19(13-21)22-6-4-5-7-24(22)32-3;1-3-16(15-25)24(29)27-10-8-19(9-11-27)31-20-13-17(12-18(14-20)23(26)28)21-6-4-5-7-22(21)30-2;1-15(2)10-16(12-25)23(29)28-9-8-21(19(24)14-28)31-22-11-17(13-26-27-22)18-6-4-5-7-20(18)30-3/h2*4-7,10-13,17,23,25H,8-9,16H2,1-3H3;3-7,12-14,19H,8-11H2,1-2H3,(H2,26,28);4-7,10-11,13,15,19,21H,8-9,14H2,1-3H3/b2*20-10+;16-3+;16-10+/t2*23-,25+;;19-,21+/m11.1/s1. The zero-order chi connectivity index (χ0) is 92.7. The smallest absolute Gasteiger partial charge is 0.264 e. The number of likely N-dealkylation sites (tertiary alicyclic amines) is 4. The second kappa shape index (κ2) is 47.2. The Morgan fingerprint density at radius 3 is 1.07 bits per heavy atom. The first-order valence-electron chi connectivity index (χ1n) is 41.7. The molecule has 1 aromatic heterocycles. The van der Waals surface area contributed by atoms with Crippen molar-refractivity contribution in [2.24, 2.45) is 23.5 Å². The minimum Gasteiger partial charge on any atom is -0.496 e. The van der Waals surface area contributed by atoms with E-state index in [1.807, 2.05) is 169 Å². The number of hydrogen-bond donors (Lipinski definition) is 1. The van der Waals surface area contributed by atoms with Gasteiger partial charge < -0.3 is 63.2 Å². The van der Waals surface area contributed by atoms with Crippen molar-refractivity contribution < 1.29 is 75.0 Å². The summed E-state index contributed by atoms with van der Waals surface area (Å²) >= 11 is 0. The van der Waals surface area contributed by atoms with Gasteiger partial charge in [0.05, 0.1) is 77.5 Å². The molecular weight excluding hydrogens is 1640 g/mol. The molecule has 26 nitrogen and oxygen atoms in total. The van der Waals surface area contributed by atoms with Crippen LogP contribution in [0.5, 0.6) is 46.1 Å². The molecular formula is C99H102F3N13O13. The van der Waals surface area contributed by atoms with Gasteiger partial charge in [0.2, 0.25) is 11.8 Å². The van der Waals surface area contributed by atoms with E-state index in [0.717, 1.165) is 44.5 Å². The van der Waals surface area contributed by atoms with Gasteiger partial charge in [-0.2, -0.15) is 36.7 Å².